The van der Waals surface area contributed by atoms with Gasteiger partial charge in [0.1, 0.15) is 5.75 Å². The van der Waals surface area contributed by atoms with Gasteiger partial charge in [-0.15, -0.1) is 11.6 Å². The number of aromatic nitrogens is 1. The number of nitrogens with zero attached hydrogens (tertiary/aromatic N) is 2. The van der Waals surface area contributed by atoms with Gasteiger partial charge in [-0.05, 0) is 62.7 Å². The van der Waals surface area contributed by atoms with Gasteiger partial charge in [0, 0.05) is 46.6 Å². The molecular weight excluding hydrogens is 437 g/mol. The minimum Gasteiger partial charge on any atom is -0.497 e. The number of anilines is 1. The average Bonchev–Trinajstić information content (AvgIpc) is 2.73. The number of benzene rings is 2. The van der Waals surface area contributed by atoms with Gasteiger partial charge in [0.2, 0.25) is 0 Å². The summed E-state index contributed by atoms with van der Waals surface area (Å²) in [7, 11) is 1.68. The monoisotopic (exact) mass is 465 g/mol. The Morgan fingerprint density at radius 3 is 2.67 bits per heavy atom. The Morgan fingerprint density at radius 1 is 1.10 bits per heavy atom. The highest BCUT2D eigenvalue weighted by molar-refractivity contribution is 7.80. The van der Waals surface area contributed by atoms with E-state index in [-0.39, 0.29) is 0 Å². The quantitative estimate of drug-likeness (QED) is 0.203. The van der Waals surface area contributed by atoms with Gasteiger partial charge < -0.3 is 15.0 Å². The van der Waals surface area contributed by atoms with E-state index in [1.165, 1.54) is 0 Å². The van der Waals surface area contributed by atoms with Crippen molar-refractivity contribution in [2.75, 3.05) is 43.7 Å². The van der Waals surface area contributed by atoms with Crippen LogP contribution in [0.25, 0.3) is 21.8 Å². The molecule has 7 heteroatoms. The molecule has 0 spiro atoms. The first-order valence-corrected chi connectivity index (χ1v) is 11.8. The first kappa shape index (κ1) is 23.3. The molecule has 0 aliphatic carbocycles. The number of thiol groups is 1. The molecule has 0 unspecified atom stereocenters. The first-order chi connectivity index (χ1) is 14.5. The van der Waals surface area contributed by atoms with Crippen LogP contribution in [0.2, 0.25) is 5.02 Å². The van der Waals surface area contributed by atoms with E-state index >= 15 is 0 Å². The van der Waals surface area contributed by atoms with Crippen LogP contribution in [-0.2, 0) is 0 Å². The molecule has 1 aromatic heterocycles. The molecule has 0 saturated carbocycles. The van der Waals surface area contributed by atoms with E-state index in [1.54, 1.807) is 7.11 Å². The summed E-state index contributed by atoms with van der Waals surface area (Å²) < 4.78 is 5.45. The lowest BCUT2D eigenvalue weighted by atomic mass is 10.1. The molecule has 1 atom stereocenters. The maximum absolute atomic E-state index is 6.23. The number of pyridine rings is 1. The van der Waals surface area contributed by atoms with Crippen LogP contribution in [0.15, 0.2) is 36.4 Å². The Morgan fingerprint density at radius 2 is 1.93 bits per heavy atom. The number of methoxy groups -OCH3 is 1. The second kappa shape index (κ2) is 11.3. The van der Waals surface area contributed by atoms with Crippen molar-refractivity contribution in [2.45, 2.75) is 25.8 Å². The third-order valence-corrected chi connectivity index (χ3v) is 5.87. The summed E-state index contributed by atoms with van der Waals surface area (Å²) in [4.78, 5) is 7.17. The Hall–Kier alpha value is -1.40. The van der Waals surface area contributed by atoms with Crippen LogP contribution in [0.4, 0.5) is 5.69 Å². The summed E-state index contributed by atoms with van der Waals surface area (Å²) in [6.07, 6.45) is 2.14. The summed E-state index contributed by atoms with van der Waals surface area (Å²) in [5, 5.41) is 6.54. The number of hydrogen-bond donors (Lipinski definition) is 2. The van der Waals surface area contributed by atoms with Crippen molar-refractivity contribution in [2.24, 2.45) is 0 Å². The van der Waals surface area contributed by atoms with Gasteiger partial charge in [0.25, 0.3) is 0 Å². The van der Waals surface area contributed by atoms with Gasteiger partial charge >= 0.3 is 0 Å². The molecule has 4 nitrogen and oxygen atoms in total. The highest BCUT2D eigenvalue weighted by atomic mass is 35.5. The summed E-state index contributed by atoms with van der Waals surface area (Å²) in [6.45, 7) is 5.13. The molecule has 3 rings (SSSR count). The zero-order chi connectivity index (χ0) is 21.5. The van der Waals surface area contributed by atoms with Crippen LogP contribution in [0, 0.1) is 0 Å². The molecule has 1 heterocycles. The topological polar surface area (TPSA) is 37.4 Å². The number of ether oxygens (including phenoxy) is 1. The molecule has 0 bridgehead atoms. The van der Waals surface area contributed by atoms with Crippen LogP contribution in [0.1, 0.15) is 19.8 Å². The van der Waals surface area contributed by atoms with E-state index in [4.69, 9.17) is 32.9 Å². The van der Waals surface area contributed by atoms with Crippen molar-refractivity contribution >= 4 is 63.3 Å². The smallest absolute Gasteiger partial charge is 0.119 e. The first-order valence-electron chi connectivity index (χ1n) is 10.3. The fraction of sp³-hybridized carbons (Fsp3) is 0.435. The molecule has 0 radical (unpaired) electrons. The SMILES string of the molecule is COc1ccc2nc3cc(Cl)ccc3c(N[C@@H](C)CCCN(CCS)CCCl)c2c1. The lowest BCUT2D eigenvalue weighted by Gasteiger charge is -2.23. The number of fused-ring (bicyclic) bond motifs is 2. The van der Waals surface area contributed by atoms with Gasteiger partial charge in [-0.2, -0.15) is 12.6 Å². The third-order valence-electron chi connectivity index (χ3n) is 5.26. The fourth-order valence-electron chi connectivity index (χ4n) is 3.71. The lowest BCUT2D eigenvalue weighted by molar-refractivity contribution is 0.299. The number of alkyl halides is 1. The number of halogens is 2. The Balaban J connectivity index is 1.83. The van der Waals surface area contributed by atoms with Crippen molar-refractivity contribution in [3.05, 3.63) is 41.4 Å². The minimum atomic E-state index is 0.300. The molecule has 3 aromatic rings. The molecule has 0 amide bonds. The normalized spacial score (nSPS) is 12.6. The zero-order valence-electron chi connectivity index (χ0n) is 17.5. The van der Waals surface area contributed by atoms with Crippen molar-refractivity contribution in [3.63, 3.8) is 0 Å². The molecule has 162 valence electrons. The number of rotatable bonds is 11. The van der Waals surface area contributed by atoms with Crippen molar-refractivity contribution < 1.29 is 4.74 Å². The summed E-state index contributed by atoms with van der Waals surface area (Å²) in [5.74, 6) is 2.32. The maximum Gasteiger partial charge on any atom is 0.119 e. The van der Waals surface area contributed by atoms with Crippen molar-refractivity contribution in [1.82, 2.24) is 9.88 Å². The largest absolute Gasteiger partial charge is 0.497 e. The van der Waals surface area contributed by atoms with E-state index in [2.05, 4.69) is 29.8 Å². The van der Waals surface area contributed by atoms with E-state index in [9.17, 15) is 0 Å². The molecule has 0 aliphatic heterocycles. The van der Waals surface area contributed by atoms with Gasteiger partial charge in [0.05, 0.1) is 23.8 Å². The summed E-state index contributed by atoms with van der Waals surface area (Å²) in [5.41, 5.74) is 2.88. The fourth-order valence-corrected chi connectivity index (χ4v) is 4.40. The highest BCUT2D eigenvalue weighted by Crippen LogP contribution is 2.34. The molecule has 2 aromatic carbocycles. The molecule has 0 fully saturated rings. The molecule has 30 heavy (non-hydrogen) atoms. The molecule has 0 aliphatic rings. The maximum atomic E-state index is 6.23. The summed E-state index contributed by atoms with van der Waals surface area (Å²) in [6, 6.07) is 12.1. The Labute approximate surface area is 194 Å². The van der Waals surface area contributed by atoms with Crippen LogP contribution in [0.5, 0.6) is 5.75 Å². The molecule has 1 N–H and O–H groups in total. The van der Waals surface area contributed by atoms with Crippen molar-refractivity contribution in [1.29, 1.82) is 0 Å². The van der Waals surface area contributed by atoms with Gasteiger partial charge in [-0.1, -0.05) is 11.6 Å². The third kappa shape index (κ3) is 5.85. The average molecular weight is 466 g/mol. The second-order valence-electron chi connectivity index (χ2n) is 7.47. The second-order valence-corrected chi connectivity index (χ2v) is 8.73. The number of nitrogens with one attached hydrogen (secondary N) is 1. The molecule has 0 saturated heterocycles. The van der Waals surface area contributed by atoms with Crippen LogP contribution >= 0.6 is 35.8 Å². The minimum absolute atomic E-state index is 0.300. The molecular formula is C23H29Cl2N3OS. The van der Waals surface area contributed by atoms with Gasteiger partial charge in [-0.3, -0.25) is 0 Å². The Bertz CT molecular complexity index is 979. The van der Waals surface area contributed by atoms with Crippen molar-refractivity contribution in [3.8, 4) is 5.75 Å². The lowest BCUT2D eigenvalue weighted by Crippen LogP contribution is -2.30. The predicted octanol–water partition coefficient (Wildman–Crippen LogP) is 6.10. The highest BCUT2D eigenvalue weighted by Gasteiger charge is 2.13. The number of hydrogen-bond acceptors (Lipinski definition) is 5. The van der Waals surface area contributed by atoms with E-state index in [1.807, 2.05) is 36.4 Å². The van der Waals surface area contributed by atoms with E-state index in [0.717, 1.165) is 71.5 Å². The van der Waals surface area contributed by atoms with Crippen LogP contribution in [0.3, 0.4) is 0 Å². The van der Waals surface area contributed by atoms with Crippen LogP contribution < -0.4 is 10.1 Å². The standard InChI is InChI=1S/C23H29Cl2N3OS/c1-16(4-3-10-28(11-9-24)12-13-30)26-23-19-7-5-17(25)14-22(19)27-21-8-6-18(29-2)15-20(21)23/h5-8,14-16,30H,3-4,9-13H2,1-2H3,(H,26,27)/t16-/m0/s1. The Kier molecular flexibility index (Phi) is 8.75. The van der Waals surface area contributed by atoms with Crippen LogP contribution in [-0.4, -0.2) is 54.3 Å². The van der Waals surface area contributed by atoms with E-state index < -0.39 is 0 Å². The summed E-state index contributed by atoms with van der Waals surface area (Å²) >= 11 is 16.5. The van der Waals surface area contributed by atoms with Gasteiger partial charge in [-0.25, -0.2) is 4.98 Å². The zero-order valence-corrected chi connectivity index (χ0v) is 19.9. The van der Waals surface area contributed by atoms with Gasteiger partial charge in [0.15, 0.2) is 0 Å². The predicted molar refractivity (Wildman–Crippen MR) is 134 cm³/mol. The van der Waals surface area contributed by atoms with E-state index in [0.29, 0.717) is 16.9 Å².